The zero-order valence-electron chi connectivity index (χ0n) is 17.2. The van der Waals surface area contributed by atoms with Crippen molar-refractivity contribution in [3.05, 3.63) is 54.1 Å². The van der Waals surface area contributed by atoms with Crippen LogP contribution in [0.25, 0.3) is 0 Å². The minimum Gasteiger partial charge on any atom is -0.508 e. The molecule has 0 aliphatic rings. The zero-order chi connectivity index (χ0) is 21.4. The van der Waals surface area contributed by atoms with Crippen LogP contribution in [0.1, 0.15) is 26.3 Å². The van der Waals surface area contributed by atoms with Crippen molar-refractivity contribution in [1.29, 1.82) is 0 Å². The number of aliphatic hydroxyl groups excluding tert-OH is 1. The highest BCUT2D eigenvalue weighted by atomic mass is 16.6. The first-order valence-electron chi connectivity index (χ1n) is 9.54. The van der Waals surface area contributed by atoms with Crippen molar-refractivity contribution in [1.82, 2.24) is 4.90 Å². The van der Waals surface area contributed by atoms with Gasteiger partial charge in [-0.3, -0.25) is 0 Å². The molecule has 1 amide bonds. The third kappa shape index (κ3) is 7.54. The molecule has 0 spiro atoms. The normalized spacial score (nSPS) is 12.3. The molecular formula is C22H30N2O5. The van der Waals surface area contributed by atoms with E-state index in [1.54, 1.807) is 24.3 Å². The van der Waals surface area contributed by atoms with Gasteiger partial charge in [0.1, 0.15) is 24.2 Å². The predicted molar refractivity (Wildman–Crippen MR) is 112 cm³/mol. The molecule has 4 N–H and O–H groups in total. The number of anilines is 1. The third-order valence-corrected chi connectivity index (χ3v) is 4.28. The monoisotopic (exact) mass is 402 g/mol. The van der Waals surface area contributed by atoms with E-state index in [1.165, 1.54) is 17.0 Å². The van der Waals surface area contributed by atoms with E-state index in [1.807, 2.05) is 32.9 Å². The lowest BCUT2D eigenvalue weighted by molar-refractivity contribution is 0.0225. The van der Waals surface area contributed by atoms with E-state index in [2.05, 4.69) is 0 Å². The standard InChI is InChI=1S/C22H30N2O5/c1-22(2,3)24(14-19(26)15-29-20-6-4-5-18(25)13-20)21(27)28-12-11-16-7-9-17(23)10-8-16/h4-10,13,19,25-26H,11-12,14-15,23H2,1-3H3. The van der Waals surface area contributed by atoms with E-state index in [-0.39, 0.29) is 25.5 Å². The van der Waals surface area contributed by atoms with E-state index < -0.39 is 17.7 Å². The Kier molecular flexibility index (Phi) is 7.73. The fourth-order valence-corrected chi connectivity index (χ4v) is 2.67. The molecule has 2 aromatic rings. The molecule has 1 unspecified atom stereocenters. The average Bonchev–Trinajstić information content (AvgIpc) is 2.65. The van der Waals surface area contributed by atoms with Crippen molar-refractivity contribution in [2.45, 2.75) is 38.8 Å². The minimum absolute atomic E-state index is 0.0191. The smallest absolute Gasteiger partial charge is 0.410 e. The first-order chi connectivity index (χ1) is 13.6. The van der Waals surface area contributed by atoms with Crippen LogP contribution in [0.3, 0.4) is 0 Å². The van der Waals surface area contributed by atoms with Crippen LogP contribution in [-0.2, 0) is 11.2 Å². The largest absolute Gasteiger partial charge is 0.508 e. The summed E-state index contributed by atoms with van der Waals surface area (Å²) in [5.41, 5.74) is 6.84. The summed E-state index contributed by atoms with van der Waals surface area (Å²) in [7, 11) is 0. The van der Waals surface area contributed by atoms with Gasteiger partial charge < -0.3 is 30.3 Å². The average molecular weight is 402 g/mol. The van der Waals surface area contributed by atoms with E-state index >= 15 is 0 Å². The molecule has 0 aromatic heterocycles. The quantitative estimate of drug-likeness (QED) is 0.586. The highest BCUT2D eigenvalue weighted by molar-refractivity contribution is 5.68. The third-order valence-electron chi connectivity index (χ3n) is 4.28. The number of phenolic OH excluding ortho intramolecular Hbond substituents is 1. The number of phenols is 1. The number of ether oxygens (including phenoxy) is 2. The Morgan fingerprint density at radius 1 is 1.17 bits per heavy atom. The van der Waals surface area contributed by atoms with E-state index in [9.17, 15) is 15.0 Å². The second-order valence-electron chi connectivity index (χ2n) is 7.85. The van der Waals surface area contributed by atoms with Crippen molar-refractivity contribution in [3.8, 4) is 11.5 Å². The van der Waals surface area contributed by atoms with Gasteiger partial charge in [0.25, 0.3) is 0 Å². The van der Waals surface area contributed by atoms with Crippen LogP contribution in [0.15, 0.2) is 48.5 Å². The Morgan fingerprint density at radius 3 is 2.48 bits per heavy atom. The number of nitrogen functional groups attached to an aromatic ring is 1. The van der Waals surface area contributed by atoms with E-state index in [0.29, 0.717) is 17.9 Å². The Bertz CT molecular complexity index is 787. The lowest BCUT2D eigenvalue weighted by Gasteiger charge is -2.36. The maximum Gasteiger partial charge on any atom is 0.410 e. The van der Waals surface area contributed by atoms with Crippen LogP contribution in [0, 0.1) is 0 Å². The molecule has 1 atom stereocenters. The Balaban J connectivity index is 1.86. The number of amides is 1. The summed E-state index contributed by atoms with van der Waals surface area (Å²) < 4.78 is 10.9. The summed E-state index contributed by atoms with van der Waals surface area (Å²) >= 11 is 0. The fraction of sp³-hybridized carbons (Fsp3) is 0.409. The number of rotatable bonds is 8. The van der Waals surface area contributed by atoms with Crippen LogP contribution in [0.2, 0.25) is 0 Å². The summed E-state index contributed by atoms with van der Waals surface area (Å²) in [5, 5.41) is 19.8. The summed E-state index contributed by atoms with van der Waals surface area (Å²) in [4.78, 5) is 14.1. The summed E-state index contributed by atoms with van der Waals surface area (Å²) in [5.74, 6) is 0.524. The second-order valence-corrected chi connectivity index (χ2v) is 7.85. The van der Waals surface area contributed by atoms with Gasteiger partial charge >= 0.3 is 6.09 Å². The Labute approximate surface area is 171 Å². The first kappa shape index (κ1) is 22.4. The van der Waals surface area contributed by atoms with E-state index in [4.69, 9.17) is 15.2 Å². The van der Waals surface area contributed by atoms with Gasteiger partial charge in [0.15, 0.2) is 0 Å². The van der Waals surface area contributed by atoms with Gasteiger partial charge in [-0.25, -0.2) is 4.79 Å². The maximum absolute atomic E-state index is 12.6. The molecule has 0 radical (unpaired) electrons. The second kappa shape index (κ2) is 10.0. The van der Waals surface area contributed by atoms with Gasteiger partial charge in [-0.1, -0.05) is 18.2 Å². The summed E-state index contributed by atoms with van der Waals surface area (Å²) in [6.07, 6.45) is -0.835. The van der Waals surface area contributed by atoms with Crippen molar-refractivity contribution >= 4 is 11.8 Å². The maximum atomic E-state index is 12.6. The van der Waals surface area contributed by atoms with Crippen molar-refractivity contribution < 1.29 is 24.5 Å². The number of benzene rings is 2. The molecule has 29 heavy (non-hydrogen) atoms. The molecule has 7 nitrogen and oxygen atoms in total. The number of hydrogen-bond donors (Lipinski definition) is 3. The summed E-state index contributed by atoms with van der Waals surface area (Å²) in [6.45, 7) is 5.88. The van der Waals surface area contributed by atoms with Crippen molar-refractivity contribution in [2.24, 2.45) is 0 Å². The van der Waals surface area contributed by atoms with Crippen LogP contribution in [0.5, 0.6) is 11.5 Å². The van der Waals surface area contributed by atoms with Crippen LogP contribution in [0.4, 0.5) is 10.5 Å². The Hall–Kier alpha value is -2.93. The minimum atomic E-state index is -0.916. The van der Waals surface area contributed by atoms with E-state index in [0.717, 1.165) is 5.56 Å². The van der Waals surface area contributed by atoms with Gasteiger partial charge in [0, 0.05) is 23.7 Å². The molecular weight excluding hydrogens is 372 g/mol. The van der Waals surface area contributed by atoms with Gasteiger partial charge in [0.05, 0.1) is 13.2 Å². The van der Waals surface area contributed by atoms with Crippen LogP contribution in [-0.4, -0.2) is 52.6 Å². The summed E-state index contributed by atoms with van der Waals surface area (Å²) in [6, 6.07) is 13.7. The number of aliphatic hydroxyl groups is 1. The number of β-amino-alcohol motifs (C(OH)–C–C–N with tert-alkyl or cyclic N) is 1. The number of nitrogens with two attached hydrogens (primary N) is 1. The van der Waals surface area contributed by atoms with Crippen molar-refractivity contribution in [2.75, 3.05) is 25.5 Å². The number of aromatic hydroxyl groups is 1. The number of carbonyl (C=O) groups is 1. The molecule has 0 heterocycles. The lowest BCUT2D eigenvalue weighted by atomic mass is 10.1. The Morgan fingerprint density at radius 2 is 1.86 bits per heavy atom. The van der Waals surface area contributed by atoms with Gasteiger partial charge in [-0.05, 0) is 50.6 Å². The van der Waals surface area contributed by atoms with Crippen LogP contribution >= 0.6 is 0 Å². The highest BCUT2D eigenvalue weighted by Crippen LogP contribution is 2.19. The van der Waals surface area contributed by atoms with Crippen LogP contribution < -0.4 is 10.5 Å². The molecule has 0 saturated carbocycles. The predicted octanol–water partition coefficient (Wildman–Crippen LogP) is 3.19. The molecule has 0 saturated heterocycles. The molecule has 0 aliphatic heterocycles. The zero-order valence-corrected chi connectivity index (χ0v) is 17.2. The molecule has 0 fully saturated rings. The SMILES string of the molecule is CC(C)(C)N(CC(O)COc1cccc(O)c1)C(=O)OCCc1ccc(N)cc1. The molecule has 7 heteroatoms. The van der Waals surface area contributed by atoms with Crippen molar-refractivity contribution in [3.63, 3.8) is 0 Å². The molecule has 0 bridgehead atoms. The molecule has 2 aromatic carbocycles. The molecule has 158 valence electrons. The van der Waals surface area contributed by atoms with Gasteiger partial charge in [-0.2, -0.15) is 0 Å². The molecule has 2 rings (SSSR count). The van der Waals surface area contributed by atoms with Gasteiger partial charge in [0.2, 0.25) is 0 Å². The molecule has 0 aliphatic carbocycles. The number of carbonyl (C=O) groups excluding carboxylic acids is 1. The number of hydrogen-bond acceptors (Lipinski definition) is 6. The fourth-order valence-electron chi connectivity index (χ4n) is 2.67. The highest BCUT2D eigenvalue weighted by Gasteiger charge is 2.30. The first-order valence-corrected chi connectivity index (χ1v) is 9.54. The topological polar surface area (TPSA) is 105 Å². The lowest BCUT2D eigenvalue weighted by Crippen LogP contribution is -2.50. The van der Waals surface area contributed by atoms with Gasteiger partial charge in [-0.15, -0.1) is 0 Å². The number of nitrogens with zero attached hydrogens (tertiary/aromatic N) is 1.